The molecule has 0 radical (unpaired) electrons. The van der Waals surface area contributed by atoms with E-state index in [0.29, 0.717) is 6.42 Å². The van der Waals surface area contributed by atoms with Crippen molar-refractivity contribution >= 4 is 38.9 Å². The molecule has 4 rings (SSSR count). The minimum Gasteiger partial charge on any atom is -0.293 e. The van der Waals surface area contributed by atoms with Gasteiger partial charge >= 0.3 is 0 Å². The van der Waals surface area contributed by atoms with E-state index in [1.165, 1.54) is 11.3 Å². The molecule has 0 saturated heterocycles. The highest BCUT2D eigenvalue weighted by molar-refractivity contribution is 7.12. The molecule has 0 saturated carbocycles. The van der Waals surface area contributed by atoms with Crippen LogP contribution < -0.4 is 0 Å². The lowest BCUT2D eigenvalue weighted by molar-refractivity contribution is 0.0997. The van der Waals surface area contributed by atoms with Crippen LogP contribution in [0.25, 0.3) is 21.8 Å². The first-order valence-electron chi connectivity index (χ1n) is 7.16. The molecule has 2 heterocycles. The SMILES string of the molecule is O=C(Cc1c2ccccc2nc2ccccc12)c1cccs1. The number of pyridine rings is 1. The van der Waals surface area contributed by atoms with Crippen LogP contribution in [0.1, 0.15) is 15.2 Å². The van der Waals surface area contributed by atoms with Crippen molar-refractivity contribution in [3.8, 4) is 0 Å². The molecule has 0 aliphatic heterocycles. The predicted molar refractivity (Wildman–Crippen MR) is 91.6 cm³/mol. The Balaban J connectivity index is 1.94. The number of fused-ring (bicyclic) bond motifs is 2. The summed E-state index contributed by atoms with van der Waals surface area (Å²) in [7, 11) is 0. The highest BCUT2D eigenvalue weighted by atomic mass is 32.1. The first kappa shape index (κ1) is 13.2. The van der Waals surface area contributed by atoms with Gasteiger partial charge in [0.2, 0.25) is 0 Å². The van der Waals surface area contributed by atoms with E-state index in [9.17, 15) is 4.79 Å². The summed E-state index contributed by atoms with van der Waals surface area (Å²) in [6.45, 7) is 0. The quantitative estimate of drug-likeness (QED) is 0.399. The van der Waals surface area contributed by atoms with Gasteiger partial charge in [-0.3, -0.25) is 4.79 Å². The third-order valence-corrected chi connectivity index (χ3v) is 4.74. The van der Waals surface area contributed by atoms with E-state index in [0.717, 1.165) is 32.2 Å². The van der Waals surface area contributed by atoms with Crippen molar-refractivity contribution in [1.29, 1.82) is 0 Å². The highest BCUT2D eigenvalue weighted by Crippen LogP contribution is 2.27. The minimum atomic E-state index is 0.163. The normalized spacial score (nSPS) is 11.1. The number of nitrogens with zero attached hydrogens (tertiary/aromatic N) is 1. The molecule has 106 valence electrons. The molecular formula is C19H13NOS. The van der Waals surface area contributed by atoms with Crippen LogP contribution in [-0.4, -0.2) is 10.8 Å². The van der Waals surface area contributed by atoms with Crippen molar-refractivity contribution in [3.05, 3.63) is 76.5 Å². The summed E-state index contributed by atoms with van der Waals surface area (Å²) in [4.78, 5) is 18.1. The second kappa shape index (κ2) is 5.35. The van der Waals surface area contributed by atoms with Crippen LogP contribution in [0.15, 0.2) is 66.0 Å². The molecule has 4 aromatic rings. The largest absolute Gasteiger partial charge is 0.293 e. The molecule has 0 amide bonds. The molecule has 2 aromatic heterocycles. The van der Waals surface area contributed by atoms with Crippen molar-refractivity contribution in [2.24, 2.45) is 0 Å². The Labute approximate surface area is 132 Å². The number of para-hydroxylation sites is 2. The van der Waals surface area contributed by atoms with Gasteiger partial charge in [0.05, 0.1) is 15.9 Å². The summed E-state index contributed by atoms with van der Waals surface area (Å²) in [5.74, 6) is 0.163. The molecule has 0 bridgehead atoms. The Kier molecular flexibility index (Phi) is 3.20. The first-order chi connectivity index (χ1) is 10.8. The van der Waals surface area contributed by atoms with Gasteiger partial charge in [-0.2, -0.15) is 0 Å². The van der Waals surface area contributed by atoms with Gasteiger partial charge in [0, 0.05) is 17.2 Å². The average Bonchev–Trinajstić information content (AvgIpc) is 3.09. The Hall–Kier alpha value is -2.52. The van der Waals surface area contributed by atoms with Gasteiger partial charge in [-0.15, -0.1) is 11.3 Å². The van der Waals surface area contributed by atoms with Gasteiger partial charge in [-0.05, 0) is 29.1 Å². The number of benzene rings is 2. The van der Waals surface area contributed by atoms with Crippen molar-refractivity contribution in [2.75, 3.05) is 0 Å². The maximum absolute atomic E-state index is 12.6. The molecule has 0 N–H and O–H groups in total. The van der Waals surface area contributed by atoms with Gasteiger partial charge in [-0.25, -0.2) is 4.98 Å². The first-order valence-corrected chi connectivity index (χ1v) is 8.04. The fraction of sp³-hybridized carbons (Fsp3) is 0.0526. The van der Waals surface area contributed by atoms with E-state index in [2.05, 4.69) is 0 Å². The summed E-state index contributed by atoms with van der Waals surface area (Å²) >= 11 is 1.50. The molecule has 0 atom stereocenters. The van der Waals surface area contributed by atoms with Crippen LogP contribution in [-0.2, 0) is 6.42 Å². The van der Waals surface area contributed by atoms with Gasteiger partial charge in [-0.1, -0.05) is 42.5 Å². The summed E-state index contributed by atoms with van der Waals surface area (Å²) < 4.78 is 0. The van der Waals surface area contributed by atoms with Crippen molar-refractivity contribution in [1.82, 2.24) is 4.98 Å². The number of ketones is 1. The zero-order chi connectivity index (χ0) is 14.9. The Morgan fingerprint density at radius 2 is 1.50 bits per heavy atom. The number of carbonyl (C=O) groups is 1. The third-order valence-electron chi connectivity index (χ3n) is 3.83. The van der Waals surface area contributed by atoms with Crippen LogP contribution in [0.2, 0.25) is 0 Å². The van der Waals surface area contributed by atoms with Gasteiger partial charge < -0.3 is 0 Å². The number of Topliss-reactive ketones (excluding diaryl/α,β-unsaturated/α-hetero) is 1. The topological polar surface area (TPSA) is 30.0 Å². The summed E-state index contributed by atoms with van der Waals surface area (Å²) in [5.41, 5.74) is 2.95. The number of thiophene rings is 1. The summed E-state index contributed by atoms with van der Waals surface area (Å²) in [6.07, 6.45) is 0.407. The van der Waals surface area contributed by atoms with Gasteiger partial charge in [0.25, 0.3) is 0 Å². The van der Waals surface area contributed by atoms with Crippen LogP contribution in [0.3, 0.4) is 0 Å². The van der Waals surface area contributed by atoms with Crippen LogP contribution in [0, 0.1) is 0 Å². The Morgan fingerprint density at radius 1 is 0.864 bits per heavy atom. The monoisotopic (exact) mass is 303 g/mol. The molecule has 0 spiro atoms. The van der Waals surface area contributed by atoms with Crippen LogP contribution in [0.4, 0.5) is 0 Å². The average molecular weight is 303 g/mol. The molecule has 0 aliphatic carbocycles. The molecule has 0 aliphatic rings. The standard InChI is InChI=1S/C19H13NOS/c21-18(19-10-5-11-22-19)12-15-13-6-1-3-8-16(13)20-17-9-4-2-7-14(15)17/h1-11H,12H2. The lowest BCUT2D eigenvalue weighted by Gasteiger charge is -2.10. The summed E-state index contributed by atoms with van der Waals surface area (Å²) in [6, 6.07) is 19.9. The lowest BCUT2D eigenvalue weighted by atomic mass is 9.98. The van der Waals surface area contributed by atoms with E-state index in [4.69, 9.17) is 4.98 Å². The molecule has 2 nitrogen and oxygen atoms in total. The maximum atomic E-state index is 12.6. The van der Waals surface area contributed by atoms with Gasteiger partial charge in [0.15, 0.2) is 5.78 Å². The number of hydrogen-bond acceptors (Lipinski definition) is 3. The molecular weight excluding hydrogens is 290 g/mol. The summed E-state index contributed by atoms with van der Waals surface area (Å²) in [5, 5.41) is 4.06. The fourth-order valence-corrected chi connectivity index (χ4v) is 3.47. The molecule has 2 aromatic carbocycles. The van der Waals surface area contributed by atoms with Crippen LogP contribution >= 0.6 is 11.3 Å². The van der Waals surface area contributed by atoms with E-state index in [1.54, 1.807) is 0 Å². The third kappa shape index (κ3) is 2.20. The maximum Gasteiger partial charge on any atom is 0.177 e. The van der Waals surface area contributed by atoms with Crippen molar-refractivity contribution in [2.45, 2.75) is 6.42 Å². The highest BCUT2D eigenvalue weighted by Gasteiger charge is 2.14. The van der Waals surface area contributed by atoms with Crippen molar-refractivity contribution < 1.29 is 4.79 Å². The van der Waals surface area contributed by atoms with E-state index in [1.807, 2.05) is 66.0 Å². The molecule has 0 unspecified atom stereocenters. The van der Waals surface area contributed by atoms with E-state index < -0.39 is 0 Å². The number of hydrogen-bond donors (Lipinski definition) is 0. The van der Waals surface area contributed by atoms with Gasteiger partial charge in [0.1, 0.15) is 0 Å². The lowest BCUT2D eigenvalue weighted by Crippen LogP contribution is -2.03. The minimum absolute atomic E-state index is 0.163. The number of rotatable bonds is 3. The molecule has 22 heavy (non-hydrogen) atoms. The fourth-order valence-electron chi connectivity index (χ4n) is 2.80. The molecule has 3 heteroatoms. The number of carbonyl (C=O) groups excluding carboxylic acids is 1. The van der Waals surface area contributed by atoms with E-state index in [-0.39, 0.29) is 5.78 Å². The van der Waals surface area contributed by atoms with E-state index >= 15 is 0 Å². The second-order valence-electron chi connectivity index (χ2n) is 5.20. The smallest absolute Gasteiger partial charge is 0.177 e. The molecule has 0 fully saturated rings. The van der Waals surface area contributed by atoms with Crippen molar-refractivity contribution in [3.63, 3.8) is 0 Å². The zero-order valence-corrected chi connectivity index (χ0v) is 12.6. The zero-order valence-electron chi connectivity index (χ0n) is 11.8. The predicted octanol–water partition coefficient (Wildman–Crippen LogP) is 4.87. The second-order valence-corrected chi connectivity index (χ2v) is 6.15. The Morgan fingerprint density at radius 3 is 2.09 bits per heavy atom. The van der Waals surface area contributed by atoms with Crippen LogP contribution in [0.5, 0.6) is 0 Å². The number of aromatic nitrogens is 1. The Bertz CT molecular complexity index is 919.